The van der Waals surface area contributed by atoms with Gasteiger partial charge >= 0.3 is 0 Å². The summed E-state index contributed by atoms with van der Waals surface area (Å²) in [5.74, 6) is 1.25. The Morgan fingerprint density at radius 2 is 1.79 bits per heavy atom. The van der Waals surface area contributed by atoms with E-state index in [4.69, 9.17) is 4.74 Å². The number of pyridine rings is 1. The Hall–Kier alpha value is -2.44. The molecule has 28 heavy (non-hydrogen) atoms. The summed E-state index contributed by atoms with van der Waals surface area (Å²) in [7, 11) is 0. The average molecular weight is 380 g/mol. The third kappa shape index (κ3) is 4.69. The normalized spacial score (nSPS) is 20.9. The van der Waals surface area contributed by atoms with Gasteiger partial charge in [0.05, 0.1) is 12.7 Å². The number of aromatic nitrogens is 1. The van der Waals surface area contributed by atoms with E-state index in [-0.39, 0.29) is 12.0 Å². The molecule has 0 aliphatic carbocycles. The molecular formula is C22H28N4O2. The van der Waals surface area contributed by atoms with Crippen LogP contribution in [0.15, 0.2) is 54.7 Å². The van der Waals surface area contributed by atoms with E-state index in [9.17, 15) is 4.79 Å². The van der Waals surface area contributed by atoms with E-state index in [2.05, 4.69) is 26.9 Å². The first-order valence-corrected chi connectivity index (χ1v) is 10.1. The minimum atomic E-state index is 0.104. The summed E-state index contributed by atoms with van der Waals surface area (Å²) in [6, 6.07) is 16.3. The molecule has 2 saturated heterocycles. The molecule has 2 fully saturated rings. The monoisotopic (exact) mass is 380 g/mol. The highest BCUT2D eigenvalue weighted by atomic mass is 16.5. The molecule has 2 aliphatic rings. The fourth-order valence-electron chi connectivity index (χ4n) is 3.91. The molecule has 0 N–H and O–H groups in total. The third-order valence-electron chi connectivity index (χ3n) is 5.57. The molecule has 0 saturated carbocycles. The Morgan fingerprint density at radius 3 is 2.54 bits per heavy atom. The van der Waals surface area contributed by atoms with Gasteiger partial charge in [0.15, 0.2) is 0 Å². The van der Waals surface area contributed by atoms with Crippen molar-refractivity contribution in [3.05, 3.63) is 60.3 Å². The van der Waals surface area contributed by atoms with Gasteiger partial charge in [0.2, 0.25) is 5.91 Å². The van der Waals surface area contributed by atoms with Gasteiger partial charge in [-0.3, -0.25) is 9.69 Å². The number of anilines is 1. The number of hydrogen-bond donors (Lipinski definition) is 0. The fraction of sp³-hybridized carbons (Fsp3) is 0.455. The highest BCUT2D eigenvalue weighted by molar-refractivity contribution is 5.76. The van der Waals surface area contributed by atoms with Gasteiger partial charge in [0.25, 0.3) is 0 Å². The van der Waals surface area contributed by atoms with Gasteiger partial charge in [0.1, 0.15) is 5.82 Å². The predicted octanol–water partition coefficient (Wildman–Crippen LogP) is 2.19. The van der Waals surface area contributed by atoms with E-state index in [0.717, 1.165) is 58.2 Å². The van der Waals surface area contributed by atoms with E-state index in [1.165, 1.54) is 5.56 Å². The number of carbonyl (C=O) groups is 1. The Balaban J connectivity index is 1.22. The van der Waals surface area contributed by atoms with E-state index in [1.54, 1.807) is 0 Å². The van der Waals surface area contributed by atoms with E-state index < -0.39 is 0 Å². The minimum Gasteiger partial charge on any atom is -0.371 e. The SMILES string of the molecule is O=C(CCN1CCOC(c2ccccc2)C1)N1CCN(c2ccccn2)CC1. The second kappa shape index (κ2) is 9.17. The number of benzene rings is 1. The van der Waals surface area contributed by atoms with Gasteiger partial charge in [-0.25, -0.2) is 4.98 Å². The van der Waals surface area contributed by atoms with Crippen molar-refractivity contribution < 1.29 is 9.53 Å². The quantitative estimate of drug-likeness (QED) is 0.796. The molecule has 2 aromatic rings. The summed E-state index contributed by atoms with van der Waals surface area (Å²) in [6.07, 6.45) is 2.50. The van der Waals surface area contributed by atoms with E-state index in [1.807, 2.05) is 47.5 Å². The smallest absolute Gasteiger partial charge is 0.223 e. The lowest BCUT2D eigenvalue weighted by Crippen LogP contribution is -2.49. The molecule has 1 atom stereocenters. The van der Waals surface area contributed by atoms with E-state index >= 15 is 0 Å². The van der Waals surface area contributed by atoms with Crippen molar-refractivity contribution in [1.29, 1.82) is 0 Å². The molecule has 0 bridgehead atoms. The van der Waals surface area contributed by atoms with Crippen molar-refractivity contribution in [3.8, 4) is 0 Å². The molecule has 2 aliphatic heterocycles. The lowest BCUT2D eigenvalue weighted by atomic mass is 10.1. The molecule has 1 amide bonds. The van der Waals surface area contributed by atoms with Crippen molar-refractivity contribution in [1.82, 2.24) is 14.8 Å². The lowest BCUT2D eigenvalue weighted by Gasteiger charge is -2.36. The Morgan fingerprint density at radius 1 is 1.00 bits per heavy atom. The van der Waals surface area contributed by atoms with Crippen LogP contribution in [-0.2, 0) is 9.53 Å². The zero-order valence-corrected chi connectivity index (χ0v) is 16.2. The zero-order valence-electron chi connectivity index (χ0n) is 16.2. The van der Waals surface area contributed by atoms with Gasteiger partial charge in [-0.15, -0.1) is 0 Å². The molecule has 6 nitrogen and oxygen atoms in total. The van der Waals surface area contributed by atoms with Crippen molar-refractivity contribution >= 4 is 11.7 Å². The topological polar surface area (TPSA) is 48.9 Å². The van der Waals surface area contributed by atoms with Crippen molar-refractivity contribution in [3.63, 3.8) is 0 Å². The molecule has 4 rings (SSSR count). The number of morpholine rings is 1. The van der Waals surface area contributed by atoms with Gasteiger partial charge in [-0.2, -0.15) is 0 Å². The van der Waals surface area contributed by atoms with Gasteiger partial charge in [-0.1, -0.05) is 36.4 Å². The summed E-state index contributed by atoms with van der Waals surface area (Å²) in [6.45, 7) is 6.49. The first-order valence-electron chi connectivity index (χ1n) is 10.1. The van der Waals surface area contributed by atoms with Gasteiger partial charge < -0.3 is 14.5 Å². The maximum atomic E-state index is 12.7. The highest BCUT2D eigenvalue weighted by Crippen LogP contribution is 2.22. The van der Waals surface area contributed by atoms with Crippen LogP contribution < -0.4 is 4.90 Å². The number of hydrogen-bond acceptors (Lipinski definition) is 5. The molecule has 0 spiro atoms. The van der Waals surface area contributed by atoms with Crippen LogP contribution >= 0.6 is 0 Å². The fourth-order valence-corrected chi connectivity index (χ4v) is 3.91. The summed E-state index contributed by atoms with van der Waals surface area (Å²) in [5, 5.41) is 0. The summed E-state index contributed by atoms with van der Waals surface area (Å²) in [4.78, 5) is 23.7. The zero-order chi connectivity index (χ0) is 19.2. The molecule has 3 heterocycles. The number of amides is 1. The minimum absolute atomic E-state index is 0.104. The molecule has 1 unspecified atom stereocenters. The van der Waals surface area contributed by atoms with Crippen LogP contribution in [0.2, 0.25) is 0 Å². The molecule has 1 aromatic carbocycles. The molecule has 1 aromatic heterocycles. The number of nitrogens with zero attached hydrogens (tertiary/aromatic N) is 4. The Kier molecular flexibility index (Phi) is 6.19. The number of carbonyl (C=O) groups excluding carboxylic acids is 1. The van der Waals surface area contributed by atoms with Crippen molar-refractivity contribution in [2.24, 2.45) is 0 Å². The largest absolute Gasteiger partial charge is 0.371 e. The molecular weight excluding hydrogens is 352 g/mol. The van der Waals surface area contributed by atoms with E-state index in [0.29, 0.717) is 6.42 Å². The number of rotatable bonds is 5. The summed E-state index contributed by atoms with van der Waals surface area (Å²) < 4.78 is 5.92. The highest BCUT2D eigenvalue weighted by Gasteiger charge is 2.25. The van der Waals surface area contributed by atoms with Crippen LogP contribution in [0.3, 0.4) is 0 Å². The average Bonchev–Trinajstić information content (AvgIpc) is 2.79. The maximum Gasteiger partial charge on any atom is 0.223 e. The van der Waals surface area contributed by atoms with Crippen molar-refractivity contribution in [2.75, 3.05) is 57.3 Å². The Bertz CT molecular complexity index is 748. The molecule has 148 valence electrons. The van der Waals surface area contributed by atoms with Crippen LogP contribution in [0.4, 0.5) is 5.82 Å². The molecule has 0 radical (unpaired) electrons. The first-order chi connectivity index (χ1) is 13.8. The van der Waals surface area contributed by atoms with Crippen molar-refractivity contribution in [2.45, 2.75) is 12.5 Å². The van der Waals surface area contributed by atoms with Gasteiger partial charge in [-0.05, 0) is 17.7 Å². The first kappa shape index (κ1) is 18.9. The van der Waals surface area contributed by atoms with Crippen LogP contribution in [0, 0.1) is 0 Å². The van der Waals surface area contributed by atoms with Gasteiger partial charge in [0, 0.05) is 58.4 Å². The predicted molar refractivity (Wildman–Crippen MR) is 109 cm³/mol. The lowest BCUT2D eigenvalue weighted by molar-refractivity contribution is -0.132. The maximum absolute atomic E-state index is 12.7. The standard InChI is InChI=1S/C22H28N4O2/c27-22(26-14-12-25(13-15-26)21-8-4-5-10-23-21)9-11-24-16-17-28-20(18-24)19-6-2-1-3-7-19/h1-8,10,20H,9,11-18H2. The summed E-state index contributed by atoms with van der Waals surface area (Å²) >= 11 is 0. The number of piperazine rings is 1. The number of ether oxygens (including phenoxy) is 1. The van der Waals surface area contributed by atoms with Crippen LogP contribution in [0.25, 0.3) is 0 Å². The second-order valence-corrected chi connectivity index (χ2v) is 7.38. The van der Waals surface area contributed by atoms with Crippen LogP contribution in [0.1, 0.15) is 18.1 Å². The molecule has 6 heteroatoms. The summed E-state index contributed by atoms with van der Waals surface area (Å²) in [5.41, 5.74) is 1.21. The second-order valence-electron chi connectivity index (χ2n) is 7.38. The van der Waals surface area contributed by atoms with Crippen LogP contribution in [-0.4, -0.2) is 73.1 Å². The Labute approximate surface area is 166 Å². The van der Waals surface area contributed by atoms with Crippen LogP contribution in [0.5, 0.6) is 0 Å². The third-order valence-corrected chi connectivity index (χ3v) is 5.57.